The Balaban J connectivity index is 3.47. The zero-order chi connectivity index (χ0) is 20.2. The van der Waals surface area contributed by atoms with E-state index in [-0.39, 0.29) is 11.8 Å². The third-order valence-electron chi connectivity index (χ3n) is 5.58. The van der Waals surface area contributed by atoms with Crippen LogP contribution in [0.1, 0.15) is 116 Å². The summed E-state index contributed by atoms with van der Waals surface area (Å²) in [5.74, 6) is -0.233. The van der Waals surface area contributed by atoms with E-state index in [4.69, 9.17) is 0 Å². The largest absolute Gasteiger partial charge is 0.628 e. The van der Waals surface area contributed by atoms with Gasteiger partial charge in [0.2, 0.25) is 0 Å². The maximum absolute atomic E-state index is 11.8. The Labute approximate surface area is 169 Å². The molecule has 0 aromatic carbocycles. The number of unbranched alkanes of at least 4 members (excludes halogenated alkanes) is 13. The van der Waals surface area contributed by atoms with Crippen molar-refractivity contribution in [3.8, 4) is 0 Å². The Morgan fingerprint density at radius 2 is 1.15 bits per heavy atom. The number of amides is 1. The number of hydrogen-bond acceptors (Lipinski definition) is 3. The van der Waals surface area contributed by atoms with Gasteiger partial charge < -0.3 is 15.6 Å². The van der Waals surface area contributed by atoms with Crippen LogP contribution in [-0.2, 0) is 4.79 Å². The van der Waals surface area contributed by atoms with Gasteiger partial charge in [-0.25, -0.2) is 4.79 Å². The number of quaternary nitrogens is 1. The van der Waals surface area contributed by atoms with Crippen LogP contribution in [-0.4, -0.2) is 31.4 Å². The summed E-state index contributed by atoms with van der Waals surface area (Å²) in [5.41, 5.74) is 0.532. The molecule has 162 valence electrons. The van der Waals surface area contributed by atoms with Crippen molar-refractivity contribution in [1.82, 2.24) is 4.90 Å². The van der Waals surface area contributed by atoms with Crippen molar-refractivity contribution >= 4 is 5.91 Å². The topological polar surface area (TPSA) is 60.0 Å². The molecule has 4 nitrogen and oxygen atoms in total. The molecule has 0 aliphatic heterocycles. The first-order valence-corrected chi connectivity index (χ1v) is 11.8. The SMILES string of the molecule is CCCCCCCCCCCCCCCCC(CCCN(C)C)C(=O)[NH2+][O-]. The predicted octanol–water partition coefficient (Wildman–Crippen LogP) is 5.40. The van der Waals surface area contributed by atoms with Gasteiger partial charge in [0.1, 0.15) is 0 Å². The highest BCUT2D eigenvalue weighted by atomic mass is 16.5. The van der Waals surface area contributed by atoms with Gasteiger partial charge in [-0.15, -0.1) is 0 Å². The molecule has 2 N–H and O–H groups in total. The lowest BCUT2D eigenvalue weighted by Gasteiger charge is -2.16. The van der Waals surface area contributed by atoms with Gasteiger partial charge in [-0.1, -0.05) is 96.8 Å². The summed E-state index contributed by atoms with van der Waals surface area (Å²) in [6.45, 7) is 3.26. The molecule has 0 aliphatic rings. The van der Waals surface area contributed by atoms with Crippen LogP contribution in [0, 0.1) is 11.1 Å². The molecule has 1 atom stereocenters. The van der Waals surface area contributed by atoms with Gasteiger partial charge in [-0.05, 0) is 39.9 Å². The molecule has 0 saturated carbocycles. The minimum atomic E-state index is -0.191. The van der Waals surface area contributed by atoms with E-state index >= 15 is 0 Å². The molecule has 0 fully saturated rings. The third-order valence-corrected chi connectivity index (χ3v) is 5.58. The Hall–Kier alpha value is -0.450. The van der Waals surface area contributed by atoms with Gasteiger partial charge in [-0.3, -0.25) is 0 Å². The number of hydroxylamine groups is 1. The van der Waals surface area contributed by atoms with Crippen LogP contribution in [0.25, 0.3) is 0 Å². The lowest BCUT2D eigenvalue weighted by atomic mass is 9.95. The van der Waals surface area contributed by atoms with Crippen LogP contribution in [0.4, 0.5) is 0 Å². The highest BCUT2D eigenvalue weighted by molar-refractivity contribution is 5.68. The predicted molar refractivity (Wildman–Crippen MR) is 117 cm³/mol. The number of primary amides is 1. The Bertz CT molecular complexity index is 322. The molecule has 0 spiro atoms. The normalized spacial score (nSPS) is 12.6. The van der Waals surface area contributed by atoms with E-state index < -0.39 is 0 Å². The van der Waals surface area contributed by atoms with Gasteiger partial charge in [0.05, 0.1) is 5.92 Å². The van der Waals surface area contributed by atoms with Crippen molar-refractivity contribution < 1.29 is 10.3 Å². The average molecular weight is 385 g/mol. The second-order valence-corrected chi connectivity index (χ2v) is 8.55. The number of carbonyl (C=O) groups is 1. The lowest BCUT2D eigenvalue weighted by Crippen LogP contribution is -2.83. The number of hydrogen-bond donors (Lipinski definition) is 1. The first-order valence-electron chi connectivity index (χ1n) is 11.8. The number of nitrogens with two attached hydrogens (primary N) is 1. The van der Waals surface area contributed by atoms with Gasteiger partial charge in [-0.2, -0.15) is 0 Å². The summed E-state index contributed by atoms with van der Waals surface area (Å²) >= 11 is 0. The monoisotopic (exact) mass is 384 g/mol. The van der Waals surface area contributed by atoms with Crippen molar-refractivity contribution in [2.24, 2.45) is 5.92 Å². The van der Waals surface area contributed by atoms with E-state index in [1.165, 1.54) is 83.5 Å². The van der Waals surface area contributed by atoms with Gasteiger partial charge in [0, 0.05) is 0 Å². The fourth-order valence-corrected chi connectivity index (χ4v) is 3.76. The Morgan fingerprint density at radius 1 is 0.741 bits per heavy atom. The second kappa shape index (κ2) is 20.3. The molecule has 0 saturated heterocycles. The highest BCUT2D eigenvalue weighted by Gasteiger charge is 2.19. The summed E-state index contributed by atoms with van der Waals surface area (Å²) in [6, 6.07) is 0. The molecule has 0 aromatic rings. The van der Waals surface area contributed by atoms with Crippen LogP contribution in [0.2, 0.25) is 0 Å². The molecular weight excluding hydrogens is 336 g/mol. The number of nitrogens with zero attached hydrogens (tertiary/aromatic N) is 1. The molecule has 1 unspecified atom stereocenters. The standard InChI is InChI=1S/C23H48N2O2/c1-4-5-6-7-8-9-10-11-12-13-14-15-16-17-19-22(23(26)24-27)20-18-21-25(2)3/h22H,4-21,24H2,1-3H3. The second-order valence-electron chi connectivity index (χ2n) is 8.55. The molecule has 0 heterocycles. The van der Waals surface area contributed by atoms with Crippen molar-refractivity contribution in [2.45, 2.75) is 116 Å². The molecule has 1 amide bonds. The van der Waals surface area contributed by atoms with E-state index in [0.717, 1.165) is 32.2 Å². The van der Waals surface area contributed by atoms with Crippen LogP contribution in [0.3, 0.4) is 0 Å². The van der Waals surface area contributed by atoms with Crippen molar-refractivity contribution in [3.05, 3.63) is 5.21 Å². The molecule has 0 rings (SSSR count). The van der Waals surface area contributed by atoms with Crippen molar-refractivity contribution in [2.75, 3.05) is 20.6 Å². The molecule has 0 radical (unpaired) electrons. The fourth-order valence-electron chi connectivity index (χ4n) is 3.76. The minimum Gasteiger partial charge on any atom is -0.628 e. The fraction of sp³-hybridized carbons (Fsp3) is 0.957. The van der Waals surface area contributed by atoms with E-state index in [1.807, 2.05) is 14.1 Å². The van der Waals surface area contributed by atoms with Crippen LogP contribution >= 0.6 is 0 Å². The Kier molecular flexibility index (Phi) is 20.0. The summed E-state index contributed by atoms with van der Waals surface area (Å²) in [5, 5.41) is 10.8. The average Bonchev–Trinajstić information content (AvgIpc) is 2.65. The zero-order valence-electron chi connectivity index (χ0n) is 18.6. The maximum Gasteiger partial charge on any atom is 0.313 e. The summed E-state index contributed by atoms with van der Waals surface area (Å²) in [6.07, 6.45) is 21.6. The highest BCUT2D eigenvalue weighted by Crippen LogP contribution is 2.17. The number of rotatable bonds is 20. The first kappa shape index (κ1) is 26.6. The molecule has 27 heavy (non-hydrogen) atoms. The van der Waals surface area contributed by atoms with Crippen molar-refractivity contribution in [1.29, 1.82) is 0 Å². The van der Waals surface area contributed by atoms with E-state index in [1.54, 1.807) is 0 Å². The van der Waals surface area contributed by atoms with E-state index in [0.29, 0.717) is 5.48 Å². The third kappa shape index (κ3) is 18.7. The maximum atomic E-state index is 11.8. The first-order chi connectivity index (χ1) is 13.1. The molecule has 0 bridgehead atoms. The Morgan fingerprint density at radius 3 is 1.56 bits per heavy atom. The molecule has 4 heteroatoms. The molecule has 0 aliphatic carbocycles. The van der Waals surface area contributed by atoms with Crippen molar-refractivity contribution in [3.63, 3.8) is 0 Å². The summed E-state index contributed by atoms with van der Waals surface area (Å²) in [4.78, 5) is 13.9. The van der Waals surface area contributed by atoms with Gasteiger partial charge in [0.25, 0.3) is 0 Å². The summed E-state index contributed by atoms with van der Waals surface area (Å²) < 4.78 is 0. The van der Waals surface area contributed by atoms with Crippen LogP contribution < -0.4 is 5.48 Å². The van der Waals surface area contributed by atoms with E-state index in [2.05, 4.69) is 11.8 Å². The lowest BCUT2D eigenvalue weighted by molar-refractivity contribution is -0.504. The molecular formula is C23H48N2O2. The van der Waals surface area contributed by atoms with Crippen LogP contribution in [0.15, 0.2) is 0 Å². The smallest absolute Gasteiger partial charge is 0.313 e. The zero-order valence-corrected chi connectivity index (χ0v) is 18.6. The quantitative estimate of drug-likeness (QED) is 0.226. The van der Waals surface area contributed by atoms with E-state index in [9.17, 15) is 10.0 Å². The van der Waals surface area contributed by atoms with Crippen LogP contribution in [0.5, 0.6) is 0 Å². The molecule has 0 aromatic heterocycles. The summed E-state index contributed by atoms with van der Waals surface area (Å²) in [7, 11) is 4.09. The van der Waals surface area contributed by atoms with Gasteiger partial charge in [0.15, 0.2) is 0 Å². The van der Waals surface area contributed by atoms with Gasteiger partial charge >= 0.3 is 5.91 Å². The number of carbonyl (C=O) groups excluding carboxylic acids is 1. The minimum absolute atomic E-state index is 0.0419.